The van der Waals surface area contributed by atoms with Crippen molar-refractivity contribution in [3.63, 3.8) is 0 Å². The number of carbonyl (C=O) groups excluding carboxylic acids is 1. The Balaban J connectivity index is 1.80. The standard InChI is InChI=1S/C20H24N2O6/c1-12-9-16-19(28-17-5-3-4-8-27-17)22(20(24)25)15-7-6-13(26-2)10-14(15)18(23)21(16)11-12/h6-7,10,16-17,19H,1,3-5,8-9,11H2,2H3,(H,24,25). The molecule has 28 heavy (non-hydrogen) atoms. The van der Waals surface area contributed by atoms with Gasteiger partial charge in [-0.1, -0.05) is 12.2 Å². The fourth-order valence-electron chi connectivity index (χ4n) is 4.13. The van der Waals surface area contributed by atoms with Crippen LogP contribution in [0.2, 0.25) is 0 Å². The first-order valence-electron chi connectivity index (χ1n) is 9.44. The molecule has 3 unspecified atom stereocenters. The normalized spacial score (nSPS) is 27.2. The number of hydrogen-bond donors (Lipinski definition) is 1. The van der Waals surface area contributed by atoms with Crippen molar-refractivity contribution >= 4 is 17.7 Å². The molecule has 2 amide bonds. The highest BCUT2D eigenvalue weighted by atomic mass is 16.7. The first-order chi connectivity index (χ1) is 13.5. The molecule has 0 aliphatic carbocycles. The van der Waals surface area contributed by atoms with Gasteiger partial charge in [-0.15, -0.1) is 0 Å². The summed E-state index contributed by atoms with van der Waals surface area (Å²) in [6.45, 7) is 4.97. The molecule has 1 N–H and O–H groups in total. The number of nitrogens with zero attached hydrogens (tertiary/aromatic N) is 2. The van der Waals surface area contributed by atoms with Gasteiger partial charge in [0, 0.05) is 13.2 Å². The van der Waals surface area contributed by atoms with Crippen LogP contribution >= 0.6 is 0 Å². The van der Waals surface area contributed by atoms with Gasteiger partial charge in [0.05, 0.1) is 24.4 Å². The minimum Gasteiger partial charge on any atom is -0.497 e. The number of carboxylic acid groups (broad SMARTS) is 1. The monoisotopic (exact) mass is 388 g/mol. The Bertz CT molecular complexity index is 804. The molecule has 2 saturated heterocycles. The second-order valence-electron chi connectivity index (χ2n) is 7.31. The second kappa shape index (κ2) is 7.44. The first kappa shape index (κ1) is 18.8. The Kier molecular flexibility index (Phi) is 4.99. The summed E-state index contributed by atoms with van der Waals surface area (Å²) >= 11 is 0. The van der Waals surface area contributed by atoms with E-state index in [-0.39, 0.29) is 11.5 Å². The molecule has 3 heterocycles. The molecule has 0 saturated carbocycles. The number of rotatable bonds is 3. The Labute approximate surface area is 163 Å². The maximum atomic E-state index is 13.3. The average molecular weight is 388 g/mol. The molecule has 0 radical (unpaired) electrons. The SMILES string of the molecule is C=C1CC2C(OC3CCCCO3)N(C(=O)O)c3ccc(OC)cc3C(=O)N2C1. The van der Waals surface area contributed by atoms with E-state index in [1.807, 2.05) is 0 Å². The van der Waals surface area contributed by atoms with Gasteiger partial charge in [-0.3, -0.25) is 4.79 Å². The van der Waals surface area contributed by atoms with Crippen LogP contribution < -0.4 is 9.64 Å². The lowest BCUT2D eigenvalue weighted by Gasteiger charge is -2.37. The van der Waals surface area contributed by atoms with Crippen LogP contribution in [0.15, 0.2) is 30.4 Å². The van der Waals surface area contributed by atoms with Crippen LogP contribution in [0.25, 0.3) is 0 Å². The summed E-state index contributed by atoms with van der Waals surface area (Å²) in [7, 11) is 1.50. The van der Waals surface area contributed by atoms with E-state index in [1.54, 1.807) is 23.1 Å². The summed E-state index contributed by atoms with van der Waals surface area (Å²) < 4.78 is 17.1. The average Bonchev–Trinajstić information content (AvgIpc) is 3.05. The molecule has 3 atom stereocenters. The number of ether oxygens (including phenoxy) is 3. The van der Waals surface area contributed by atoms with E-state index in [2.05, 4.69) is 6.58 Å². The Morgan fingerprint density at radius 3 is 2.86 bits per heavy atom. The highest BCUT2D eigenvalue weighted by Crippen LogP contribution is 2.39. The van der Waals surface area contributed by atoms with Crippen LogP contribution in [0.1, 0.15) is 36.0 Å². The molecule has 0 aromatic heterocycles. The zero-order chi connectivity index (χ0) is 19.8. The van der Waals surface area contributed by atoms with Crippen molar-refractivity contribution in [2.45, 2.75) is 44.2 Å². The van der Waals surface area contributed by atoms with Gasteiger partial charge in [-0.05, 0) is 43.9 Å². The van der Waals surface area contributed by atoms with E-state index in [1.165, 1.54) is 7.11 Å². The van der Waals surface area contributed by atoms with Crippen molar-refractivity contribution < 1.29 is 28.9 Å². The second-order valence-corrected chi connectivity index (χ2v) is 7.31. The van der Waals surface area contributed by atoms with Gasteiger partial charge in [0.25, 0.3) is 5.91 Å². The molecule has 2 fully saturated rings. The van der Waals surface area contributed by atoms with Gasteiger partial charge in [-0.25, -0.2) is 9.69 Å². The van der Waals surface area contributed by atoms with Crippen LogP contribution in [0, 0.1) is 0 Å². The lowest BCUT2D eigenvalue weighted by molar-refractivity contribution is -0.195. The number of benzene rings is 1. The van der Waals surface area contributed by atoms with Gasteiger partial charge in [0.1, 0.15) is 5.75 Å². The molecule has 150 valence electrons. The zero-order valence-electron chi connectivity index (χ0n) is 15.8. The fourth-order valence-corrected chi connectivity index (χ4v) is 4.13. The van der Waals surface area contributed by atoms with E-state index in [9.17, 15) is 14.7 Å². The van der Waals surface area contributed by atoms with Crippen molar-refractivity contribution in [3.05, 3.63) is 35.9 Å². The summed E-state index contributed by atoms with van der Waals surface area (Å²) in [5, 5.41) is 10.0. The van der Waals surface area contributed by atoms with E-state index >= 15 is 0 Å². The van der Waals surface area contributed by atoms with Gasteiger partial charge >= 0.3 is 6.09 Å². The molecule has 3 aliphatic heterocycles. The molecule has 4 rings (SSSR count). The number of amides is 2. The van der Waals surface area contributed by atoms with Crippen LogP contribution in [-0.2, 0) is 9.47 Å². The van der Waals surface area contributed by atoms with Crippen molar-refractivity contribution in [1.82, 2.24) is 4.90 Å². The molecule has 3 aliphatic rings. The number of carbonyl (C=O) groups is 2. The maximum Gasteiger partial charge on any atom is 0.414 e. The molecule has 8 heteroatoms. The Morgan fingerprint density at radius 2 is 2.18 bits per heavy atom. The lowest BCUT2D eigenvalue weighted by atomic mass is 10.1. The van der Waals surface area contributed by atoms with E-state index in [0.29, 0.717) is 37.4 Å². The minimum atomic E-state index is -1.18. The molecule has 1 aromatic carbocycles. The Morgan fingerprint density at radius 1 is 1.36 bits per heavy atom. The summed E-state index contributed by atoms with van der Waals surface area (Å²) in [6.07, 6.45) is 0.543. The molecule has 0 spiro atoms. The highest BCUT2D eigenvalue weighted by Gasteiger charge is 2.47. The third kappa shape index (κ3) is 3.22. The van der Waals surface area contributed by atoms with Crippen LogP contribution in [-0.4, -0.2) is 60.8 Å². The predicted molar refractivity (Wildman–Crippen MR) is 101 cm³/mol. The van der Waals surface area contributed by atoms with Crippen molar-refractivity contribution in [2.24, 2.45) is 0 Å². The Hall–Kier alpha value is -2.58. The summed E-state index contributed by atoms with van der Waals surface area (Å²) in [5.74, 6) is 0.237. The minimum absolute atomic E-state index is 0.250. The smallest absolute Gasteiger partial charge is 0.414 e. The zero-order valence-corrected chi connectivity index (χ0v) is 15.8. The van der Waals surface area contributed by atoms with Gasteiger partial charge < -0.3 is 24.2 Å². The summed E-state index contributed by atoms with van der Waals surface area (Å²) in [4.78, 5) is 28.3. The van der Waals surface area contributed by atoms with Crippen molar-refractivity contribution in [2.75, 3.05) is 25.2 Å². The molecular formula is C20H24N2O6. The molecular weight excluding hydrogens is 364 g/mol. The number of hydrogen-bond acceptors (Lipinski definition) is 5. The third-order valence-electron chi connectivity index (χ3n) is 5.47. The molecule has 0 bridgehead atoms. The largest absolute Gasteiger partial charge is 0.497 e. The lowest BCUT2D eigenvalue weighted by Crippen LogP contribution is -2.53. The van der Waals surface area contributed by atoms with E-state index in [0.717, 1.165) is 23.3 Å². The van der Waals surface area contributed by atoms with E-state index < -0.39 is 24.7 Å². The highest BCUT2D eigenvalue weighted by molar-refractivity contribution is 6.05. The molecule has 1 aromatic rings. The van der Waals surface area contributed by atoms with Gasteiger partial charge in [0.2, 0.25) is 0 Å². The van der Waals surface area contributed by atoms with E-state index in [4.69, 9.17) is 14.2 Å². The summed E-state index contributed by atoms with van der Waals surface area (Å²) in [5.41, 5.74) is 1.43. The van der Waals surface area contributed by atoms with Crippen LogP contribution in [0.4, 0.5) is 10.5 Å². The van der Waals surface area contributed by atoms with Crippen LogP contribution in [0.3, 0.4) is 0 Å². The fraction of sp³-hybridized carbons (Fsp3) is 0.500. The topological polar surface area (TPSA) is 88.5 Å². The van der Waals surface area contributed by atoms with Gasteiger partial charge in [0.15, 0.2) is 12.5 Å². The number of fused-ring (bicyclic) bond motifs is 2. The number of anilines is 1. The third-order valence-corrected chi connectivity index (χ3v) is 5.47. The van der Waals surface area contributed by atoms with Crippen molar-refractivity contribution in [1.29, 1.82) is 0 Å². The maximum absolute atomic E-state index is 13.3. The van der Waals surface area contributed by atoms with Crippen molar-refractivity contribution in [3.8, 4) is 5.75 Å². The van der Waals surface area contributed by atoms with Crippen LogP contribution in [0.5, 0.6) is 5.75 Å². The molecule has 8 nitrogen and oxygen atoms in total. The van der Waals surface area contributed by atoms with Gasteiger partial charge in [-0.2, -0.15) is 0 Å². The predicted octanol–water partition coefficient (Wildman–Crippen LogP) is 2.83. The quantitative estimate of drug-likeness (QED) is 0.801. The first-order valence-corrected chi connectivity index (χ1v) is 9.44. The number of methoxy groups -OCH3 is 1. The summed E-state index contributed by atoms with van der Waals surface area (Å²) in [6, 6.07) is 4.35.